The molecule has 6 rings (SSSR count). The molecule has 1 atom stereocenters. The molecule has 4 heteroatoms. The highest BCUT2D eigenvalue weighted by Gasteiger charge is 2.34. The number of rotatable bonds is 2. The lowest BCUT2D eigenvalue weighted by atomic mass is 9.80. The van der Waals surface area contributed by atoms with Gasteiger partial charge < -0.3 is 19.3 Å². The minimum Gasteiger partial charge on any atom is -0.477 e. The Morgan fingerprint density at radius 1 is 0.710 bits per heavy atom. The molecule has 3 aromatic carbocycles. The molecule has 0 spiro atoms. The molecule has 0 N–H and O–H groups in total. The Balaban J connectivity index is 1.38. The Bertz CT molecular complexity index is 1140. The van der Waals surface area contributed by atoms with E-state index in [0.717, 1.165) is 31.0 Å². The summed E-state index contributed by atoms with van der Waals surface area (Å²) in [7, 11) is 0. The number of allylic oxidation sites excluding steroid dienone is 1. The van der Waals surface area contributed by atoms with Crippen molar-refractivity contribution in [2.75, 3.05) is 29.8 Å². The van der Waals surface area contributed by atoms with Crippen LogP contribution >= 0.6 is 0 Å². The van der Waals surface area contributed by atoms with Crippen LogP contribution in [0.3, 0.4) is 0 Å². The van der Waals surface area contributed by atoms with Crippen molar-refractivity contribution in [1.29, 1.82) is 0 Å². The normalized spacial score (nSPS) is 19.7. The van der Waals surface area contributed by atoms with E-state index in [9.17, 15) is 0 Å². The van der Waals surface area contributed by atoms with Gasteiger partial charge in [-0.15, -0.1) is 0 Å². The van der Waals surface area contributed by atoms with Crippen molar-refractivity contribution in [1.82, 2.24) is 0 Å². The molecule has 1 aliphatic carbocycles. The SMILES string of the molecule is CC1Cc2c(ccc3c2CN(c2ccccc2)CO3)C2=C1OCN(c1ccccc1)C2. The zero-order valence-electron chi connectivity index (χ0n) is 17.8. The summed E-state index contributed by atoms with van der Waals surface area (Å²) in [5.74, 6) is 2.56. The maximum Gasteiger partial charge on any atom is 0.161 e. The lowest BCUT2D eigenvalue weighted by Crippen LogP contribution is -2.37. The molecule has 4 nitrogen and oxygen atoms in total. The van der Waals surface area contributed by atoms with Gasteiger partial charge in [0.05, 0.1) is 13.1 Å². The van der Waals surface area contributed by atoms with Crippen molar-refractivity contribution in [2.45, 2.75) is 19.9 Å². The van der Waals surface area contributed by atoms with E-state index >= 15 is 0 Å². The maximum absolute atomic E-state index is 6.32. The first-order valence-electron chi connectivity index (χ1n) is 11.0. The third-order valence-corrected chi connectivity index (χ3v) is 6.66. The standard InChI is InChI=1S/C27H26N2O2/c1-19-14-23-22(25-16-29(18-31-27(19)25)21-10-6-3-7-11-21)12-13-26-24(23)15-28(17-30-26)20-8-4-2-5-9-20/h2-13,19H,14-18H2,1H3. The third kappa shape index (κ3) is 3.14. The topological polar surface area (TPSA) is 24.9 Å². The van der Waals surface area contributed by atoms with Crippen molar-refractivity contribution in [3.8, 4) is 5.75 Å². The molecule has 0 aromatic heterocycles. The van der Waals surface area contributed by atoms with Gasteiger partial charge in [0, 0.05) is 28.4 Å². The molecule has 0 saturated carbocycles. The Morgan fingerprint density at radius 3 is 2.06 bits per heavy atom. The van der Waals surface area contributed by atoms with E-state index in [4.69, 9.17) is 9.47 Å². The fourth-order valence-corrected chi connectivity index (χ4v) is 5.09. The molecule has 0 radical (unpaired) electrons. The average Bonchev–Trinajstić information content (AvgIpc) is 2.84. The molecule has 0 bridgehead atoms. The molecule has 156 valence electrons. The van der Waals surface area contributed by atoms with Gasteiger partial charge in [-0.25, -0.2) is 0 Å². The molecule has 1 unspecified atom stereocenters. The van der Waals surface area contributed by atoms with E-state index in [2.05, 4.69) is 89.5 Å². The minimum atomic E-state index is 0.374. The van der Waals surface area contributed by atoms with Gasteiger partial charge in [-0.05, 0) is 47.9 Å². The summed E-state index contributed by atoms with van der Waals surface area (Å²) in [6.07, 6.45) is 0.995. The van der Waals surface area contributed by atoms with Gasteiger partial charge in [-0.1, -0.05) is 49.4 Å². The largest absolute Gasteiger partial charge is 0.477 e. The van der Waals surface area contributed by atoms with E-state index in [1.807, 2.05) is 0 Å². The van der Waals surface area contributed by atoms with E-state index in [0.29, 0.717) is 19.4 Å². The summed E-state index contributed by atoms with van der Waals surface area (Å²) in [5.41, 5.74) is 7.79. The molecular formula is C27H26N2O2. The van der Waals surface area contributed by atoms with Crippen LogP contribution in [0.1, 0.15) is 23.6 Å². The monoisotopic (exact) mass is 410 g/mol. The number of para-hydroxylation sites is 2. The highest BCUT2D eigenvalue weighted by Crippen LogP contribution is 2.43. The fourth-order valence-electron chi connectivity index (χ4n) is 5.09. The first-order chi connectivity index (χ1) is 15.3. The van der Waals surface area contributed by atoms with Crippen molar-refractivity contribution >= 4 is 16.9 Å². The predicted octanol–water partition coefficient (Wildman–Crippen LogP) is 5.44. The Morgan fingerprint density at radius 2 is 1.35 bits per heavy atom. The summed E-state index contributed by atoms with van der Waals surface area (Å²) < 4.78 is 12.5. The molecule has 0 amide bonds. The molecule has 3 aromatic rings. The number of ether oxygens (including phenoxy) is 2. The number of anilines is 2. The number of nitrogens with zero attached hydrogens (tertiary/aromatic N) is 2. The van der Waals surface area contributed by atoms with Crippen LogP contribution in [0.15, 0.2) is 78.6 Å². The van der Waals surface area contributed by atoms with Crippen molar-refractivity contribution < 1.29 is 9.47 Å². The second-order valence-corrected chi connectivity index (χ2v) is 8.63. The van der Waals surface area contributed by atoms with Crippen LogP contribution in [0.4, 0.5) is 11.4 Å². The summed E-state index contributed by atoms with van der Waals surface area (Å²) >= 11 is 0. The van der Waals surface area contributed by atoms with Crippen LogP contribution in [0, 0.1) is 5.92 Å². The average molecular weight is 411 g/mol. The number of benzene rings is 3. The van der Waals surface area contributed by atoms with Crippen LogP contribution in [-0.4, -0.2) is 20.0 Å². The minimum absolute atomic E-state index is 0.374. The summed E-state index contributed by atoms with van der Waals surface area (Å²) in [5, 5.41) is 0. The van der Waals surface area contributed by atoms with E-state index in [1.54, 1.807) is 0 Å². The van der Waals surface area contributed by atoms with Crippen LogP contribution in [0.25, 0.3) is 5.57 Å². The van der Waals surface area contributed by atoms with E-state index < -0.39 is 0 Å². The van der Waals surface area contributed by atoms with Crippen molar-refractivity contribution in [3.05, 3.63) is 95.2 Å². The highest BCUT2D eigenvalue weighted by molar-refractivity contribution is 5.79. The fraction of sp³-hybridized carbons (Fsp3) is 0.259. The number of hydrogen-bond acceptors (Lipinski definition) is 4. The van der Waals surface area contributed by atoms with Crippen LogP contribution in [0.5, 0.6) is 5.75 Å². The Kier molecular flexibility index (Phi) is 4.37. The second kappa shape index (κ2) is 7.38. The molecule has 3 aliphatic rings. The number of fused-ring (bicyclic) bond motifs is 4. The predicted molar refractivity (Wildman–Crippen MR) is 124 cm³/mol. The molecule has 2 heterocycles. The zero-order chi connectivity index (χ0) is 20.8. The lowest BCUT2D eigenvalue weighted by Gasteiger charge is -2.40. The zero-order valence-corrected chi connectivity index (χ0v) is 17.8. The van der Waals surface area contributed by atoms with E-state index in [1.165, 1.54) is 33.6 Å². The highest BCUT2D eigenvalue weighted by atomic mass is 16.5. The van der Waals surface area contributed by atoms with Gasteiger partial charge in [0.2, 0.25) is 0 Å². The summed E-state index contributed by atoms with van der Waals surface area (Å²) in [6, 6.07) is 25.5. The number of hydrogen-bond donors (Lipinski definition) is 0. The van der Waals surface area contributed by atoms with Gasteiger partial charge in [0.25, 0.3) is 0 Å². The third-order valence-electron chi connectivity index (χ3n) is 6.66. The lowest BCUT2D eigenvalue weighted by molar-refractivity contribution is 0.170. The van der Waals surface area contributed by atoms with Gasteiger partial charge in [0.15, 0.2) is 13.5 Å². The summed E-state index contributed by atoms with van der Waals surface area (Å²) in [6.45, 7) is 5.23. The van der Waals surface area contributed by atoms with Crippen LogP contribution in [-0.2, 0) is 17.7 Å². The van der Waals surface area contributed by atoms with Crippen LogP contribution < -0.4 is 14.5 Å². The Hall–Kier alpha value is -3.40. The smallest absolute Gasteiger partial charge is 0.161 e. The maximum atomic E-state index is 6.32. The molecular weight excluding hydrogens is 384 g/mol. The van der Waals surface area contributed by atoms with Gasteiger partial charge >= 0.3 is 0 Å². The first kappa shape index (κ1) is 18.4. The van der Waals surface area contributed by atoms with Gasteiger partial charge in [-0.3, -0.25) is 0 Å². The molecule has 31 heavy (non-hydrogen) atoms. The van der Waals surface area contributed by atoms with Gasteiger partial charge in [0.1, 0.15) is 11.5 Å². The second-order valence-electron chi connectivity index (χ2n) is 8.63. The Labute approximate surface area is 183 Å². The van der Waals surface area contributed by atoms with E-state index in [-0.39, 0.29) is 0 Å². The van der Waals surface area contributed by atoms with Crippen molar-refractivity contribution in [3.63, 3.8) is 0 Å². The molecule has 2 aliphatic heterocycles. The molecule has 0 fully saturated rings. The van der Waals surface area contributed by atoms with Crippen molar-refractivity contribution in [2.24, 2.45) is 5.92 Å². The van der Waals surface area contributed by atoms with Crippen LogP contribution in [0.2, 0.25) is 0 Å². The summed E-state index contributed by atoms with van der Waals surface area (Å²) in [4.78, 5) is 4.62. The van der Waals surface area contributed by atoms with Gasteiger partial charge in [-0.2, -0.15) is 0 Å². The quantitative estimate of drug-likeness (QED) is 0.562. The first-order valence-corrected chi connectivity index (χ1v) is 11.0. The molecule has 0 saturated heterocycles.